The predicted molar refractivity (Wildman–Crippen MR) is 93.8 cm³/mol. The van der Waals surface area contributed by atoms with Crippen molar-refractivity contribution in [1.82, 2.24) is 0 Å². The molecule has 1 aliphatic carbocycles. The fourth-order valence-corrected chi connectivity index (χ4v) is 2.89. The first-order chi connectivity index (χ1) is 12.6. The highest BCUT2D eigenvalue weighted by atomic mass is 19.1. The highest BCUT2D eigenvalue weighted by molar-refractivity contribution is 6.30. The minimum Gasteiger partial charge on any atom is -0.312 e. The van der Waals surface area contributed by atoms with Crippen LogP contribution in [-0.2, 0) is 4.84 Å². The summed E-state index contributed by atoms with van der Waals surface area (Å²) in [5.41, 5.74) is 2.80. The lowest BCUT2D eigenvalue weighted by molar-refractivity contribution is 0.0517. The summed E-state index contributed by atoms with van der Waals surface area (Å²) in [6.45, 7) is 0. The van der Waals surface area contributed by atoms with Gasteiger partial charge in [0.05, 0.1) is 5.56 Å². The predicted octanol–water partition coefficient (Wildman–Crippen LogP) is 3.98. The number of benzene rings is 3. The molecule has 4 nitrogen and oxygen atoms in total. The van der Waals surface area contributed by atoms with Crippen LogP contribution in [0.15, 0.2) is 78.0 Å². The van der Waals surface area contributed by atoms with Crippen LogP contribution in [0.3, 0.4) is 0 Å². The maximum absolute atomic E-state index is 13.0. The zero-order valence-corrected chi connectivity index (χ0v) is 13.5. The molecular weight excluding hydrogens is 333 g/mol. The lowest BCUT2D eigenvalue weighted by Crippen LogP contribution is -2.22. The molecule has 0 unspecified atom stereocenters. The van der Waals surface area contributed by atoms with Crippen molar-refractivity contribution >= 4 is 17.5 Å². The van der Waals surface area contributed by atoms with E-state index in [0.29, 0.717) is 28.0 Å². The normalized spacial score (nSPS) is 12.2. The molecule has 0 saturated carbocycles. The van der Waals surface area contributed by atoms with Crippen molar-refractivity contribution in [3.8, 4) is 0 Å². The molecule has 126 valence electrons. The van der Waals surface area contributed by atoms with Crippen molar-refractivity contribution in [2.45, 2.75) is 0 Å². The Labute approximate surface area is 148 Å². The van der Waals surface area contributed by atoms with Crippen LogP contribution in [0.5, 0.6) is 0 Å². The van der Waals surface area contributed by atoms with Gasteiger partial charge in [-0.1, -0.05) is 53.7 Å². The summed E-state index contributed by atoms with van der Waals surface area (Å²) < 4.78 is 13.0. The number of ketones is 1. The van der Waals surface area contributed by atoms with E-state index in [1.165, 1.54) is 24.3 Å². The second-order valence-electron chi connectivity index (χ2n) is 5.75. The molecule has 0 aromatic heterocycles. The van der Waals surface area contributed by atoms with Gasteiger partial charge in [0, 0.05) is 22.3 Å². The Balaban J connectivity index is 1.75. The first-order valence-electron chi connectivity index (χ1n) is 7.93. The van der Waals surface area contributed by atoms with E-state index in [-0.39, 0.29) is 11.3 Å². The summed E-state index contributed by atoms with van der Waals surface area (Å²) in [5.74, 6) is -1.24. The standard InChI is InChI=1S/C21H12FNO3/c22-14-11-9-13(10-12-14)21(25)26-23-19-15-5-1-3-7-17(15)20(24)18-8-4-2-6-16(18)19/h1-12H. The molecule has 5 heteroatoms. The first-order valence-corrected chi connectivity index (χ1v) is 7.93. The molecule has 0 spiro atoms. The van der Waals surface area contributed by atoms with E-state index in [4.69, 9.17) is 4.84 Å². The zero-order chi connectivity index (χ0) is 18.1. The van der Waals surface area contributed by atoms with Crippen molar-refractivity contribution < 1.29 is 18.8 Å². The monoisotopic (exact) mass is 345 g/mol. The summed E-state index contributed by atoms with van der Waals surface area (Å²) in [7, 11) is 0. The van der Waals surface area contributed by atoms with Crippen LogP contribution in [-0.4, -0.2) is 17.5 Å². The molecular formula is C21H12FNO3. The largest absolute Gasteiger partial charge is 0.365 e. The molecule has 0 amide bonds. The third-order valence-electron chi connectivity index (χ3n) is 4.15. The number of carbonyl (C=O) groups excluding carboxylic acids is 2. The van der Waals surface area contributed by atoms with Gasteiger partial charge >= 0.3 is 5.97 Å². The van der Waals surface area contributed by atoms with Crippen LogP contribution < -0.4 is 0 Å². The Morgan fingerprint density at radius 1 is 0.769 bits per heavy atom. The molecule has 0 saturated heterocycles. The summed E-state index contributed by atoms with van der Waals surface area (Å²) in [4.78, 5) is 29.9. The molecule has 1 aliphatic rings. The number of hydrogen-bond donors (Lipinski definition) is 0. The molecule has 0 radical (unpaired) electrons. The molecule has 0 heterocycles. The number of halogens is 1. The molecule has 3 aromatic carbocycles. The van der Waals surface area contributed by atoms with Crippen molar-refractivity contribution in [2.75, 3.05) is 0 Å². The van der Waals surface area contributed by atoms with Crippen LogP contribution in [0, 0.1) is 5.82 Å². The number of nitrogens with zero attached hydrogens (tertiary/aromatic N) is 1. The topological polar surface area (TPSA) is 55.7 Å². The average Bonchev–Trinajstić information content (AvgIpc) is 2.68. The van der Waals surface area contributed by atoms with Gasteiger partial charge in [-0.15, -0.1) is 0 Å². The van der Waals surface area contributed by atoms with Crippen LogP contribution in [0.25, 0.3) is 0 Å². The number of fused-ring (bicyclic) bond motifs is 2. The summed E-state index contributed by atoms with van der Waals surface area (Å²) in [5, 5.41) is 4.02. The number of oxime groups is 1. The Hall–Kier alpha value is -3.60. The first kappa shape index (κ1) is 15.9. The lowest BCUT2D eigenvalue weighted by atomic mass is 9.84. The van der Waals surface area contributed by atoms with Gasteiger partial charge in [-0.05, 0) is 24.3 Å². The number of hydrogen-bond acceptors (Lipinski definition) is 4. The maximum atomic E-state index is 13.0. The second kappa shape index (κ2) is 6.37. The van der Waals surface area contributed by atoms with Gasteiger partial charge in [0.25, 0.3) is 0 Å². The molecule has 26 heavy (non-hydrogen) atoms. The van der Waals surface area contributed by atoms with Gasteiger partial charge in [0.1, 0.15) is 11.5 Å². The second-order valence-corrected chi connectivity index (χ2v) is 5.75. The van der Waals surface area contributed by atoms with Crippen molar-refractivity contribution in [3.63, 3.8) is 0 Å². The van der Waals surface area contributed by atoms with E-state index >= 15 is 0 Å². The van der Waals surface area contributed by atoms with Gasteiger partial charge in [-0.3, -0.25) is 4.79 Å². The Morgan fingerprint density at radius 3 is 1.81 bits per heavy atom. The molecule has 3 aromatic rings. The van der Waals surface area contributed by atoms with Crippen molar-refractivity contribution in [1.29, 1.82) is 0 Å². The van der Waals surface area contributed by atoms with Crippen LogP contribution in [0.4, 0.5) is 4.39 Å². The smallest absolute Gasteiger partial charge is 0.312 e. The van der Waals surface area contributed by atoms with E-state index in [9.17, 15) is 14.0 Å². The van der Waals surface area contributed by atoms with E-state index in [1.54, 1.807) is 48.5 Å². The van der Waals surface area contributed by atoms with E-state index in [2.05, 4.69) is 5.16 Å². The maximum Gasteiger partial charge on any atom is 0.365 e. The lowest BCUT2D eigenvalue weighted by Gasteiger charge is -2.19. The van der Waals surface area contributed by atoms with Crippen LogP contribution in [0.2, 0.25) is 0 Å². The van der Waals surface area contributed by atoms with Crippen molar-refractivity contribution in [2.24, 2.45) is 5.16 Å². The fourth-order valence-electron chi connectivity index (χ4n) is 2.89. The van der Waals surface area contributed by atoms with E-state index in [0.717, 1.165) is 0 Å². The van der Waals surface area contributed by atoms with Gasteiger partial charge in [0.15, 0.2) is 5.78 Å². The molecule has 0 aliphatic heterocycles. The van der Waals surface area contributed by atoms with E-state index < -0.39 is 11.8 Å². The SMILES string of the molecule is O=C(ON=C1c2ccccc2C(=O)c2ccccc21)c1ccc(F)cc1. The Bertz CT molecular complexity index is 1000. The highest BCUT2D eigenvalue weighted by Crippen LogP contribution is 2.27. The van der Waals surface area contributed by atoms with Crippen LogP contribution in [0.1, 0.15) is 37.4 Å². The Morgan fingerprint density at radius 2 is 1.27 bits per heavy atom. The molecule has 4 rings (SSSR count). The van der Waals surface area contributed by atoms with Gasteiger partial charge in [-0.2, -0.15) is 0 Å². The molecule has 0 N–H and O–H groups in total. The summed E-state index contributed by atoms with van der Waals surface area (Å²) in [6.07, 6.45) is 0. The van der Waals surface area contributed by atoms with Gasteiger partial charge in [-0.25, -0.2) is 9.18 Å². The summed E-state index contributed by atoms with van der Waals surface area (Å²) in [6, 6.07) is 19.1. The quantitative estimate of drug-likeness (QED) is 0.408. The fraction of sp³-hybridized carbons (Fsp3) is 0. The van der Waals surface area contributed by atoms with Gasteiger partial charge in [0.2, 0.25) is 0 Å². The number of rotatable bonds is 2. The molecule has 0 fully saturated rings. The average molecular weight is 345 g/mol. The summed E-state index contributed by atoms with van der Waals surface area (Å²) >= 11 is 0. The highest BCUT2D eigenvalue weighted by Gasteiger charge is 2.28. The minimum atomic E-state index is -0.704. The van der Waals surface area contributed by atoms with Crippen LogP contribution >= 0.6 is 0 Å². The third-order valence-corrected chi connectivity index (χ3v) is 4.15. The zero-order valence-electron chi connectivity index (χ0n) is 13.5. The van der Waals surface area contributed by atoms with Crippen molar-refractivity contribution in [3.05, 3.63) is 106 Å². The van der Waals surface area contributed by atoms with E-state index in [1.807, 2.05) is 0 Å². The third kappa shape index (κ3) is 2.69. The Kier molecular flexibility index (Phi) is 3.89. The molecule has 0 bridgehead atoms. The van der Waals surface area contributed by atoms with Gasteiger partial charge < -0.3 is 4.84 Å². The molecule has 0 atom stereocenters. The minimum absolute atomic E-state index is 0.0972. The number of carbonyl (C=O) groups is 2.